The lowest BCUT2D eigenvalue weighted by Crippen LogP contribution is -2.60. The van der Waals surface area contributed by atoms with Crippen LogP contribution in [0.2, 0.25) is 0 Å². The highest BCUT2D eigenvalue weighted by Crippen LogP contribution is 2.45. The van der Waals surface area contributed by atoms with Gasteiger partial charge in [0.15, 0.2) is 0 Å². The Morgan fingerprint density at radius 1 is 1.16 bits per heavy atom. The molecule has 1 rings (SSSR count). The Morgan fingerprint density at radius 3 is 1.89 bits per heavy atom. The topological polar surface area (TPSA) is 89.4 Å². The van der Waals surface area contributed by atoms with Gasteiger partial charge in [0, 0.05) is 13.1 Å². The molecule has 5 nitrogen and oxygen atoms in total. The summed E-state index contributed by atoms with van der Waals surface area (Å²) in [5, 5.41) is 0. The summed E-state index contributed by atoms with van der Waals surface area (Å²) in [5.74, 6) is -0.448. The van der Waals surface area contributed by atoms with Crippen molar-refractivity contribution in [2.45, 2.75) is 47.1 Å². The Morgan fingerprint density at radius 2 is 1.58 bits per heavy atom. The number of likely N-dealkylation sites (tertiary alicyclic amines) is 1. The molecule has 5 heteroatoms. The largest absolute Gasteiger partial charge is 0.370 e. The zero-order valence-corrected chi connectivity index (χ0v) is 12.7. The van der Waals surface area contributed by atoms with Gasteiger partial charge in [-0.15, -0.1) is 0 Å². The van der Waals surface area contributed by atoms with E-state index in [1.165, 1.54) is 0 Å². The molecule has 2 amide bonds. The van der Waals surface area contributed by atoms with Crippen molar-refractivity contribution in [3.63, 3.8) is 0 Å². The van der Waals surface area contributed by atoms with E-state index < -0.39 is 17.9 Å². The normalized spacial score (nSPS) is 24.9. The molecule has 0 radical (unpaired) electrons. The first kappa shape index (κ1) is 16.0. The van der Waals surface area contributed by atoms with Gasteiger partial charge in [-0.1, -0.05) is 34.6 Å². The summed E-state index contributed by atoms with van der Waals surface area (Å²) in [7, 11) is 0. The predicted octanol–water partition coefficient (Wildman–Crippen LogP) is 0.720. The molecule has 0 saturated carbocycles. The Kier molecular flexibility index (Phi) is 4.30. The third kappa shape index (κ3) is 3.47. The third-order valence-electron chi connectivity index (χ3n) is 4.73. The number of primary amides is 2. The quantitative estimate of drug-likeness (QED) is 0.788. The minimum Gasteiger partial charge on any atom is -0.370 e. The molecule has 1 heterocycles. The molecule has 1 aliphatic heterocycles. The Bertz CT molecular complexity index is 359. The van der Waals surface area contributed by atoms with Gasteiger partial charge in [0.2, 0.25) is 11.8 Å². The summed E-state index contributed by atoms with van der Waals surface area (Å²) in [5.41, 5.74) is 10.8. The molecule has 0 aromatic rings. The second kappa shape index (κ2) is 5.12. The maximum absolute atomic E-state index is 11.6. The molecule has 1 aliphatic rings. The Balaban J connectivity index is 2.99. The third-order valence-corrected chi connectivity index (χ3v) is 4.73. The number of amides is 2. The van der Waals surface area contributed by atoms with Crippen LogP contribution in [0.1, 0.15) is 41.0 Å². The minimum atomic E-state index is -0.594. The molecule has 19 heavy (non-hydrogen) atoms. The molecular weight excluding hydrogens is 242 g/mol. The number of nitrogens with zero attached hydrogens (tertiary/aromatic N) is 1. The molecule has 1 fully saturated rings. The van der Waals surface area contributed by atoms with E-state index in [-0.39, 0.29) is 17.3 Å². The fourth-order valence-corrected chi connectivity index (χ4v) is 3.25. The number of nitrogens with two attached hydrogens (primary N) is 2. The summed E-state index contributed by atoms with van der Waals surface area (Å²) < 4.78 is 0. The van der Waals surface area contributed by atoms with E-state index in [1.807, 2.05) is 4.90 Å². The van der Waals surface area contributed by atoms with Crippen LogP contribution in [0.3, 0.4) is 0 Å². The van der Waals surface area contributed by atoms with E-state index in [2.05, 4.69) is 34.6 Å². The summed E-state index contributed by atoms with van der Waals surface area (Å²) >= 11 is 0. The number of rotatable bonds is 4. The fraction of sp³-hybridized carbons (Fsp3) is 0.857. The lowest BCUT2D eigenvalue weighted by Gasteiger charge is -2.53. The zero-order chi connectivity index (χ0) is 15.0. The van der Waals surface area contributed by atoms with Crippen molar-refractivity contribution in [2.75, 3.05) is 13.1 Å². The summed E-state index contributed by atoms with van der Waals surface area (Å²) in [6, 6.07) is -0.594. The van der Waals surface area contributed by atoms with Crippen LogP contribution in [0.4, 0.5) is 0 Å². The number of carbonyl (C=O) groups excluding carboxylic acids is 2. The number of carbonyl (C=O) groups is 2. The highest BCUT2D eigenvalue weighted by Gasteiger charge is 2.46. The van der Waals surface area contributed by atoms with E-state index in [0.29, 0.717) is 5.92 Å². The SMILES string of the molecule is CC1C(C)(C)CN(C(CC(N)=O)C(N)=O)CC1(C)C. The number of piperidine rings is 1. The average Bonchev–Trinajstić information content (AvgIpc) is 2.21. The van der Waals surface area contributed by atoms with Gasteiger partial charge in [0.25, 0.3) is 0 Å². The maximum Gasteiger partial charge on any atom is 0.235 e. The molecule has 4 N–H and O–H groups in total. The molecule has 1 unspecified atom stereocenters. The van der Waals surface area contributed by atoms with E-state index in [4.69, 9.17) is 11.5 Å². The van der Waals surface area contributed by atoms with Crippen LogP contribution in [0.15, 0.2) is 0 Å². The van der Waals surface area contributed by atoms with Crippen LogP contribution in [-0.4, -0.2) is 35.8 Å². The van der Waals surface area contributed by atoms with Gasteiger partial charge in [0.1, 0.15) is 0 Å². The molecule has 0 spiro atoms. The first-order valence-corrected chi connectivity index (χ1v) is 6.79. The average molecular weight is 269 g/mol. The molecule has 1 saturated heterocycles. The molecule has 1 atom stereocenters. The number of hydrogen-bond acceptors (Lipinski definition) is 3. The standard InChI is InChI=1S/C14H27N3O2/c1-9-13(2,3)7-17(8-14(9,4)5)10(12(16)19)6-11(15)18/h9-10H,6-8H2,1-5H3,(H2,15,18)(H2,16,19). The van der Waals surface area contributed by atoms with Crippen LogP contribution in [-0.2, 0) is 9.59 Å². The summed E-state index contributed by atoms with van der Waals surface area (Å²) in [4.78, 5) is 24.8. The minimum absolute atomic E-state index is 0.00409. The van der Waals surface area contributed by atoms with Crippen LogP contribution >= 0.6 is 0 Å². The van der Waals surface area contributed by atoms with Crippen LogP contribution in [0.25, 0.3) is 0 Å². The second-order valence-electron chi connectivity index (χ2n) is 7.19. The van der Waals surface area contributed by atoms with E-state index in [0.717, 1.165) is 13.1 Å². The highest BCUT2D eigenvalue weighted by atomic mass is 16.2. The van der Waals surface area contributed by atoms with E-state index in [1.54, 1.807) is 0 Å². The van der Waals surface area contributed by atoms with Gasteiger partial charge >= 0.3 is 0 Å². The predicted molar refractivity (Wildman–Crippen MR) is 75.1 cm³/mol. The van der Waals surface area contributed by atoms with Crippen molar-refractivity contribution in [3.05, 3.63) is 0 Å². The van der Waals surface area contributed by atoms with Crippen LogP contribution < -0.4 is 11.5 Å². The van der Waals surface area contributed by atoms with Crippen molar-refractivity contribution >= 4 is 11.8 Å². The van der Waals surface area contributed by atoms with Gasteiger partial charge in [-0.25, -0.2) is 0 Å². The molecule has 0 aromatic heterocycles. The number of hydrogen-bond donors (Lipinski definition) is 2. The summed E-state index contributed by atoms with van der Waals surface area (Å²) in [6.07, 6.45) is -0.00409. The smallest absolute Gasteiger partial charge is 0.235 e. The molecular formula is C14H27N3O2. The van der Waals surface area contributed by atoms with E-state index in [9.17, 15) is 9.59 Å². The fourth-order valence-electron chi connectivity index (χ4n) is 3.25. The van der Waals surface area contributed by atoms with Crippen molar-refractivity contribution in [2.24, 2.45) is 28.2 Å². The molecule has 110 valence electrons. The lowest BCUT2D eigenvalue weighted by molar-refractivity contribution is -0.133. The molecule has 0 aliphatic carbocycles. The van der Waals surface area contributed by atoms with Crippen LogP contribution in [0.5, 0.6) is 0 Å². The summed E-state index contributed by atoms with van der Waals surface area (Å²) in [6.45, 7) is 12.5. The van der Waals surface area contributed by atoms with Gasteiger partial charge in [-0.05, 0) is 16.7 Å². The van der Waals surface area contributed by atoms with Gasteiger partial charge in [0.05, 0.1) is 12.5 Å². The molecule has 0 bridgehead atoms. The monoisotopic (exact) mass is 269 g/mol. The first-order valence-electron chi connectivity index (χ1n) is 6.79. The first-order chi connectivity index (χ1) is 8.47. The van der Waals surface area contributed by atoms with Crippen molar-refractivity contribution in [1.29, 1.82) is 0 Å². The highest BCUT2D eigenvalue weighted by molar-refractivity contribution is 5.86. The van der Waals surface area contributed by atoms with E-state index >= 15 is 0 Å². The molecule has 0 aromatic carbocycles. The zero-order valence-electron chi connectivity index (χ0n) is 12.7. The van der Waals surface area contributed by atoms with Crippen molar-refractivity contribution in [3.8, 4) is 0 Å². The Hall–Kier alpha value is -1.10. The maximum atomic E-state index is 11.6. The Labute approximate surface area is 115 Å². The van der Waals surface area contributed by atoms with Crippen molar-refractivity contribution in [1.82, 2.24) is 4.90 Å². The lowest BCUT2D eigenvalue weighted by atomic mass is 9.62. The van der Waals surface area contributed by atoms with Gasteiger partial charge in [-0.3, -0.25) is 14.5 Å². The second-order valence-corrected chi connectivity index (χ2v) is 7.19. The van der Waals surface area contributed by atoms with Gasteiger partial charge in [-0.2, -0.15) is 0 Å². The van der Waals surface area contributed by atoms with Crippen molar-refractivity contribution < 1.29 is 9.59 Å². The van der Waals surface area contributed by atoms with Gasteiger partial charge < -0.3 is 11.5 Å². The van der Waals surface area contributed by atoms with Crippen LogP contribution in [0, 0.1) is 16.7 Å².